The number of thiazole rings is 1. The van der Waals surface area contributed by atoms with E-state index in [0.29, 0.717) is 23.4 Å². The van der Waals surface area contributed by atoms with Gasteiger partial charge in [-0.05, 0) is 24.3 Å². The predicted octanol–water partition coefficient (Wildman–Crippen LogP) is 3.68. The molecule has 4 aromatic rings. The lowest BCUT2D eigenvalue weighted by molar-refractivity contribution is 0.355. The molecule has 0 amide bonds. The van der Waals surface area contributed by atoms with Crippen LogP contribution in [0.1, 0.15) is 0 Å². The number of hydrogen-bond acceptors (Lipinski definition) is 8. The largest absolute Gasteiger partial charge is 0.493 e. The average molecular weight is 382 g/mol. The Kier molecular flexibility index (Phi) is 4.51. The zero-order valence-electron chi connectivity index (χ0n) is 15.1. The first-order chi connectivity index (χ1) is 13.2. The van der Waals surface area contributed by atoms with Crippen LogP contribution < -0.4 is 20.1 Å². The molecule has 0 radical (unpaired) electrons. The minimum absolute atomic E-state index is 0.450. The van der Waals surface area contributed by atoms with Crippen molar-refractivity contribution >= 4 is 39.1 Å². The van der Waals surface area contributed by atoms with Gasteiger partial charge in [0.25, 0.3) is 0 Å². The van der Waals surface area contributed by atoms with E-state index in [-0.39, 0.29) is 0 Å². The average Bonchev–Trinajstić information content (AvgIpc) is 3.31. The van der Waals surface area contributed by atoms with E-state index >= 15 is 0 Å². The van der Waals surface area contributed by atoms with Crippen molar-refractivity contribution in [1.82, 2.24) is 19.7 Å². The standard InChI is InChI=1S/C18H18N6O2S/c1-19-17-22-16(20-11-8-9-13(25-2)14(10-11)26-3)23-24(17)18-21-12-6-4-5-7-15(12)27-18/h4-10H,1-3H3,(H2,19,20,22,23). The molecular weight excluding hydrogens is 364 g/mol. The van der Waals surface area contributed by atoms with E-state index in [2.05, 4.69) is 25.7 Å². The van der Waals surface area contributed by atoms with Gasteiger partial charge in [-0.2, -0.15) is 9.67 Å². The van der Waals surface area contributed by atoms with E-state index in [1.54, 1.807) is 37.3 Å². The van der Waals surface area contributed by atoms with Crippen molar-refractivity contribution in [2.24, 2.45) is 0 Å². The van der Waals surface area contributed by atoms with Gasteiger partial charge in [0.05, 0.1) is 24.4 Å². The van der Waals surface area contributed by atoms with Gasteiger partial charge in [-0.15, -0.1) is 5.10 Å². The molecular formula is C18H18N6O2S. The quantitative estimate of drug-likeness (QED) is 0.526. The zero-order valence-corrected chi connectivity index (χ0v) is 15.9. The molecule has 0 spiro atoms. The number of aromatic nitrogens is 4. The van der Waals surface area contributed by atoms with Gasteiger partial charge in [0.15, 0.2) is 11.5 Å². The molecule has 0 aliphatic carbocycles. The third kappa shape index (κ3) is 3.24. The molecule has 0 aliphatic heterocycles. The van der Waals surface area contributed by atoms with Crippen molar-refractivity contribution in [2.45, 2.75) is 0 Å². The van der Waals surface area contributed by atoms with Gasteiger partial charge in [0, 0.05) is 18.8 Å². The number of nitrogens with one attached hydrogen (secondary N) is 2. The lowest BCUT2D eigenvalue weighted by Crippen LogP contribution is -2.02. The van der Waals surface area contributed by atoms with Gasteiger partial charge in [-0.3, -0.25) is 0 Å². The van der Waals surface area contributed by atoms with Gasteiger partial charge in [0.2, 0.25) is 17.0 Å². The Bertz CT molecular complexity index is 1060. The van der Waals surface area contributed by atoms with Crippen LogP contribution in [0.2, 0.25) is 0 Å². The lowest BCUT2D eigenvalue weighted by atomic mass is 10.3. The number of hydrogen-bond donors (Lipinski definition) is 2. The summed E-state index contributed by atoms with van der Waals surface area (Å²) in [5, 5.41) is 11.5. The first-order valence-electron chi connectivity index (χ1n) is 8.21. The molecule has 8 nitrogen and oxygen atoms in total. The number of ether oxygens (including phenoxy) is 2. The molecule has 0 fully saturated rings. The van der Waals surface area contributed by atoms with E-state index in [1.807, 2.05) is 42.5 Å². The van der Waals surface area contributed by atoms with Crippen LogP contribution in [-0.4, -0.2) is 41.0 Å². The van der Waals surface area contributed by atoms with Crippen molar-refractivity contribution in [2.75, 3.05) is 31.9 Å². The van der Waals surface area contributed by atoms with Gasteiger partial charge in [-0.25, -0.2) is 4.98 Å². The molecule has 4 rings (SSSR count). The summed E-state index contributed by atoms with van der Waals surface area (Å²) in [6.07, 6.45) is 0. The first kappa shape index (κ1) is 17.1. The fraction of sp³-hybridized carbons (Fsp3) is 0.167. The lowest BCUT2D eigenvalue weighted by Gasteiger charge is -2.09. The summed E-state index contributed by atoms with van der Waals surface area (Å²) in [5.41, 5.74) is 1.72. The summed E-state index contributed by atoms with van der Waals surface area (Å²) in [4.78, 5) is 9.13. The highest BCUT2D eigenvalue weighted by Crippen LogP contribution is 2.31. The molecule has 9 heteroatoms. The second-order valence-electron chi connectivity index (χ2n) is 5.58. The van der Waals surface area contributed by atoms with Crippen LogP contribution in [-0.2, 0) is 0 Å². The summed E-state index contributed by atoms with van der Waals surface area (Å²) in [5.74, 6) is 2.33. The van der Waals surface area contributed by atoms with Crippen LogP contribution >= 0.6 is 11.3 Å². The van der Waals surface area contributed by atoms with E-state index < -0.39 is 0 Å². The number of benzene rings is 2. The molecule has 0 atom stereocenters. The highest BCUT2D eigenvalue weighted by atomic mass is 32.1. The molecule has 2 heterocycles. The second kappa shape index (κ2) is 7.12. The predicted molar refractivity (Wildman–Crippen MR) is 107 cm³/mol. The van der Waals surface area contributed by atoms with Crippen LogP contribution in [0.25, 0.3) is 15.3 Å². The van der Waals surface area contributed by atoms with Crippen molar-refractivity contribution in [3.63, 3.8) is 0 Å². The number of rotatable bonds is 6. The van der Waals surface area contributed by atoms with Crippen molar-refractivity contribution in [3.8, 4) is 16.6 Å². The molecule has 0 saturated carbocycles. The number of nitrogens with zero attached hydrogens (tertiary/aromatic N) is 4. The maximum absolute atomic E-state index is 5.34. The Balaban J connectivity index is 1.67. The number of para-hydroxylation sites is 1. The molecule has 0 bridgehead atoms. The Morgan fingerprint density at radius 3 is 2.56 bits per heavy atom. The van der Waals surface area contributed by atoms with E-state index in [0.717, 1.165) is 21.0 Å². The van der Waals surface area contributed by atoms with Crippen LogP contribution in [0, 0.1) is 0 Å². The smallest absolute Gasteiger partial charge is 0.248 e. The van der Waals surface area contributed by atoms with E-state index in [1.165, 1.54) is 0 Å². The Morgan fingerprint density at radius 2 is 1.81 bits per heavy atom. The molecule has 27 heavy (non-hydrogen) atoms. The zero-order chi connectivity index (χ0) is 18.8. The van der Waals surface area contributed by atoms with Crippen molar-refractivity contribution in [3.05, 3.63) is 42.5 Å². The minimum Gasteiger partial charge on any atom is -0.493 e. The summed E-state index contributed by atoms with van der Waals surface area (Å²) in [6.45, 7) is 0. The molecule has 2 aromatic carbocycles. The molecule has 2 aromatic heterocycles. The van der Waals surface area contributed by atoms with Gasteiger partial charge < -0.3 is 20.1 Å². The summed E-state index contributed by atoms with van der Waals surface area (Å²) in [7, 11) is 5.00. The summed E-state index contributed by atoms with van der Waals surface area (Å²) >= 11 is 1.56. The third-order valence-corrected chi connectivity index (χ3v) is 4.95. The summed E-state index contributed by atoms with van der Waals surface area (Å²) in [6, 6.07) is 13.5. The van der Waals surface area contributed by atoms with Crippen molar-refractivity contribution in [1.29, 1.82) is 0 Å². The fourth-order valence-corrected chi connectivity index (χ4v) is 3.57. The maximum Gasteiger partial charge on any atom is 0.248 e. The molecule has 0 saturated heterocycles. The first-order valence-corrected chi connectivity index (χ1v) is 9.03. The Labute approximate surface area is 159 Å². The van der Waals surface area contributed by atoms with Crippen LogP contribution in [0.4, 0.5) is 17.6 Å². The van der Waals surface area contributed by atoms with E-state index in [4.69, 9.17) is 9.47 Å². The van der Waals surface area contributed by atoms with Gasteiger partial charge in [-0.1, -0.05) is 23.5 Å². The number of fused-ring (bicyclic) bond motifs is 1. The Morgan fingerprint density at radius 1 is 1.00 bits per heavy atom. The summed E-state index contributed by atoms with van der Waals surface area (Å²) < 4.78 is 13.4. The van der Waals surface area contributed by atoms with E-state index in [9.17, 15) is 0 Å². The van der Waals surface area contributed by atoms with Gasteiger partial charge in [0.1, 0.15) is 0 Å². The number of methoxy groups -OCH3 is 2. The normalized spacial score (nSPS) is 10.8. The second-order valence-corrected chi connectivity index (χ2v) is 6.59. The molecule has 138 valence electrons. The van der Waals surface area contributed by atoms with Crippen molar-refractivity contribution < 1.29 is 9.47 Å². The van der Waals surface area contributed by atoms with Crippen LogP contribution in [0.5, 0.6) is 11.5 Å². The monoisotopic (exact) mass is 382 g/mol. The van der Waals surface area contributed by atoms with Gasteiger partial charge >= 0.3 is 0 Å². The minimum atomic E-state index is 0.450. The molecule has 2 N–H and O–H groups in total. The fourth-order valence-electron chi connectivity index (χ4n) is 2.65. The highest BCUT2D eigenvalue weighted by Gasteiger charge is 2.15. The van der Waals surface area contributed by atoms with Crippen LogP contribution in [0.15, 0.2) is 42.5 Å². The van der Waals surface area contributed by atoms with Crippen LogP contribution in [0.3, 0.4) is 0 Å². The number of anilines is 3. The third-order valence-electron chi connectivity index (χ3n) is 3.93. The maximum atomic E-state index is 5.34. The topological polar surface area (TPSA) is 86.1 Å². The highest BCUT2D eigenvalue weighted by molar-refractivity contribution is 7.20. The Hall–Kier alpha value is -3.33. The molecule has 0 unspecified atom stereocenters. The SMILES string of the molecule is CNc1nc(Nc2ccc(OC)c(OC)c2)nn1-c1nc2ccccc2s1. The molecule has 0 aliphatic rings.